The van der Waals surface area contributed by atoms with Crippen molar-refractivity contribution >= 4 is 44.3 Å². The standard InChI is InChI=1S/C10H11FINO4S/c1-17-10(14)4-5-18(15,16)13-9-3-2-7(11)6-8(9)12/h2-3,6,13H,4-5H2,1H3. The van der Waals surface area contributed by atoms with Gasteiger partial charge >= 0.3 is 5.97 Å². The third-order valence-electron chi connectivity index (χ3n) is 2.00. The molecule has 1 aromatic carbocycles. The van der Waals surface area contributed by atoms with E-state index in [1.165, 1.54) is 19.2 Å². The van der Waals surface area contributed by atoms with Crippen LogP contribution in [-0.4, -0.2) is 27.2 Å². The number of ether oxygens (including phenoxy) is 1. The maximum atomic E-state index is 12.8. The van der Waals surface area contributed by atoms with Gasteiger partial charge in [0.1, 0.15) is 5.82 Å². The molecule has 0 unspecified atom stereocenters. The molecule has 0 amide bonds. The molecule has 0 spiro atoms. The number of sulfonamides is 1. The molecule has 1 aromatic rings. The van der Waals surface area contributed by atoms with Crippen LogP contribution in [0.5, 0.6) is 0 Å². The van der Waals surface area contributed by atoms with E-state index in [0.29, 0.717) is 3.57 Å². The van der Waals surface area contributed by atoms with E-state index >= 15 is 0 Å². The van der Waals surface area contributed by atoms with Gasteiger partial charge in [-0.1, -0.05) is 0 Å². The Morgan fingerprint density at radius 3 is 2.72 bits per heavy atom. The zero-order valence-electron chi connectivity index (χ0n) is 9.44. The Balaban J connectivity index is 2.73. The van der Waals surface area contributed by atoms with E-state index in [1.54, 1.807) is 0 Å². The topological polar surface area (TPSA) is 72.5 Å². The van der Waals surface area contributed by atoms with Crippen molar-refractivity contribution in [1.29, 1.82) is 0 Å². The molecule has 0 saturated heterocycles. The quantitative estimate of drug-likeness (QED) is 0.617. The summed E-state index contributed by atoms with van der Waals surface area (Å²) in [4.78, 5) is 10.9. The Hall–Kier alpha value is -0.900. The summed E-state index contributed by atoms with van der Waals surface area (Å²) in [5.41, 5.74) is 0.280. The average molecular weight is 387 g/mol. The number of nitrogens with one attached hydrogen (secondary N) is 1. The minimum absolute atomic E-state index is 0.233. The van der Waals surface area contributed by atoms with Crippen molar-refractivity contribution in [2.45, 2.75) is 6.42 Å². The number of carbonyl (C=O) groups excluding carboxylic acids is 1. The number of benzene rings is 1. The summed E-state index contributed by atoms with van der Waals surface area (Å²) >= 11 is 1.82. The highest BCUT2D eigenvalue weighted by molar-refractivity contribution is 14.1. The van der Waals surface area contributed by atoms with E-state index in [-0.39, 0.29) is 17.9 Å². The second-order valence-corrected chi connectivity index (χ2v) is 6.38. The fourth-order valence-electron chi connectivity index (χ4n) is 1.11. The highest BCUT2D eigenvalue weighted by atomic mass is 127. The minimum atomic E-state index is -3.65. The highest BCUT2D eigenvalue weighted by Gasteiger charge is 2.15. The third-order valence-corrected chi connectivity index (χ3v) is 4.16. The smallest absolute Gasteiger partial charge is 0.306 e. The molecule has 0 fully saturated rings. The summed E-state index contributed by atoms with van der Waals surface area (Å²) in [6.45, 7) is 0. The molecule has 0 aliphatic heterocycles. The predicted octanol–water partition coefficient (Wildman–Crippen LogP) is 1.74. The van der Waals surface area contributed by atoms with Crippen LogP contribution in [0.1, 0.15) is 6.42 Å². The molecular formula is C10H11FINO4S. The highest BCUT2D eigenvalue weighted by Crippen LogP contribution is 2.20. The molecule has 0 aliphatic carbocycles. The van der Waals surface area contributed by atoms with Crippen LogP contribution in [-0.2, 0) is 19.6 Å². The number of anilines is 1. The van der Waals surface area contributed by atoms with Crippen molar-refractivity contribution in [3.8, 4) is 0 Å². The van der Waals surface area contributed by atoms with Gasteiger partial charge in [0.05, 0.1) is 25.0 Å². The van der Waals surface area contributed by atoms with Crippen LogP contribution in [0.3, 0.4) is 0 Å². The Morgan fingerprint density at radius 2 is 2.17 bits per heavy atom. The molecule has 1 N–H and O–H groups in total. The first-order valence-corrected chi connectivity index (χ1v) is 7.59. The molecule has 0 aliphatic rings. The van der Waals surface area contributed by atoms with Crippen molar-refractivity contribution in [2.24, 2.45) is 0 Å². The van der Waals surface area contributed by atoms with Gasteiger partial charge in [-0.25, -0.2) is 12.8 Å². The number of rotatable bonds is 5. The van der Waals surface area contributed by atoms with Gasteiger partial charge < -0.3 is 4.74 Å². The van der Waals surface area contributed by atoms with E-state index in [4.69, 9.17) is 0 Å². The maximum absolute atomic E-state index is 12.8. The van der Waals surface area contributed by atoms with Crippen molar-refractivity contribution in [1.82, 2.24) is 0 Å². The molecule has 5 nitrogen and oxygen atoms in total. The lowest BCUT2D eigenvalue weighted by Crippen LogP contribution is -2.20. The molecular weight excluding hydrogens is 376 g/mol. The molecule has 18 heavy (non-hydrogen) atoms. The first kappa shape index (κ1) is 15.2. The van der Waals surface area contributed by atoms with Crippen LogP contribution < -0.4 is 4.72 Å². The van der Waals surface area contributed by atoms with Gasteiger partial charge in [-0.15, -0.1) is 0 Å². The number of esters is 1. The molecule has 100 valence electrons. The molecule has 0 bridgehead atoms. The first-order valence-electron chi connectivity index (χ1n) is 4.86. The Kier molecular flexibility index (Phi) is 5.32. The molecule has 0 atom stereocenters. The van der Waals surface area contributed by atoms with Crippen LogP contribution in [0.4, 0.5) is 10.1 Å². The largest absolute Gasteiger partial charge is 0.469 e. The van der Waals surface area contributed by atoms with Crippen molar-refractivity contribution < 1.29 is 22.3 Å². The maximum Gasteiger partial charge on any atom is 0.306 e. The summed E-state index contributed by atoms with van der Waals surface area (Å²) in [5.74, 6) is -1.43. The number of carbonyl (C=O) groups is 1. The van der Waals surface area contributed by atoms with E-state index in [9.17, 15) is 17.6 Å². The fourth-order valence-corrected chi connectivity index (χ4v) is 2.96. The van der Waals surface area contributed by atoms with Gasteiger partial charge in [-0.05, 0) is 40.8 Å². The van der Waals surface area contributed by atoms with Crippen molar-refractivity contribution in [3.63, 3.8) is 0 Å². The van der Waals surface area contributed by atoms with E-state index < -0.39 is 21.8 Å². The van der Waals surface area contributed by atoms with Crippen LogP contribution in [0.25, 0.3) is 0 Å². The first-order chi connectivity index (χ1) is 8.34. The van der Waals surface area contributed by atoms with Crippen LogP contribution in [0.15, 0.2) is 18.2 Å². The lowest BCUT2D eigenvalue weighted by molar-refractivity contribution is -0.140. The monoisotopic (exact) mass is 387 g/mol. The molecule has 0 heterocycles. The Morgan fingerprint density at radius 1 is 1.50 bits per heavy atom. The summed E-state index contributed by atoms with van der Waals surface area (Å²) in [6.07, 6.45) is -0.233. The zero-order valence-corrected chi connectivity index (χ0v) is 12.4. The van der Waals surface area contributed by atoms with Gasteiger partial charge in [-0.2, -0.15) is 0 Å². The van der Waals surface area contributed by atoms with Gasteiger partial charge in [0.25, 0.3) is 0 Å². The number of halogens is 2. The number of methoxy groups -OCH3 is 1. The van der Waals surface area contributed by atoms with Gasteiger partial charge in [0.2, 0.25) is 10.0 Å². The van der Waals surface area contributed by atoms with Crippen LogP contribution in [0, 0.1) is 9.39 Å². The Bertz CT molecular complexity index is 547. The average Bonchev–Trinajstić information content (AvgIpc) is 2.30. The fraction of sp³-hybridized carbons (Fsp3) is 0.300. The number of hydrogen-bond donors (Lipinski definition) is 1. The summed E-state index contributed by atoms with van der Waals surface area (Å²) in [6, 6.07) is 3.69. The molecule has 0 aromatic heterocycles. The lowest BCUT2D eigenvalue weighted by atomic mass is 10.3. The minimum Gasteiger partial charge on any atom is -0.469 e. The predicted molar refractivity (Wildman–Crippen MR) is 73.2 cm³/mol. The van der Waals surface area contributed by atoms with E-state index in [0.717, 1.165) is 6.07 Å². The van der Waals surface area contributed by atoms with Crippen LogP contribution in [0.2, 0.25) is 0 Å². The van der Waals surface area contributed by atoms with Gasteiger partial charge in [0, 0.05) is 3.57 Å². The summed E-state index contributed by atoms with van der Waals surface area (Å²) in [7, 11) is -2.47. The van der Waals surface area contributed by atoms with E-state index in [2.05, 4.69) is 9.46 Å². The molecule has 0 saturated carbocycles. The van der Waals surface area contributed by atoms with Crippen molar-refractivity contribution in [3.05, 3.63) is 27.6 Å². The van der Waals surface area contributed by atoms with Crippen LogP contribution >= 0.6 is 22.6 Å². The van der Waals surface area contributed by atoms with Gasteiger partial charge in [-0.3, -0.25) is 9.52 Å². The zero-order chi connectivity index (χ0) is 13.8. The van der Waals surface area contributed by atoms with Crippen molar-refractivity contribution in [2.75, 3.05) is 17.6 Å². The van der Waals surface area contributed by atoms with E-state index in [1.807, 2.05) is 22.6 Å². The summed E-state index contributed by atoms with van der Waals surface area (Å²) < 4.78 is 43.2. The third kappa shape index (κ3) is 4.77. The molecule has 1 rings (SSSR count). The second kappa shape index (κ2) is 6.32. The summed E-state index contributed by atoms with van der Waals surface area (Å²) in [5, 5.41) is 0. The lowest BCUT2D eigenvalue weighted by Gasteiger charge is -2.09. The Labute approximate surface area is 118 Å². The molecule has 0 radical (unpaired) electrons. The SMILES string of the molecule is COC(=O)CCS(=O)(=O)Nc1ccc(F)cc1I. The number of hydrogen-bond acceptors (Lipinski definition) is 4. The second-order valence-electron chi connectivity index (χ2n) is 3.37. The van der Waals surface area contributed by atoms with Gasteiger partial charge in [0.15, 0.2) is 0 Å². The normalized spacial score (nSPS) is 11.1. The molecule has 8 heteroatoms.